The van der Waals surface area contributed by atoms with Crippen LogP contribution in [0.5, 0.6) is 5.75 Å². The average molecular weight is 450 g/mol. The maximum Gasteiger partial charge on any atom is 0.418 e. The number of ether oxygens (including phenoxy) is 3. The van der Waals surface area contributed by atoms with E-state index in [0.29, 0.717) is 28.1 Å². The largest absolute Gasteiger partial charge is 0.496 e. The minimum atomic E-state index is -0.625. The van der Waals surface area contributed by atoms with Crippen molar-refractivity contribution in [3.05, 3.63) is 77.5 Å². The van der Waals surface area contributed by atoms with E-state index in [9.17, 15) is 14.4 Å². The number of esters is 1. The minimum Gasteiger partial charge on any atom is -0.496 e. The molecule has 0 aliphatic carbocycles. The van der Waals surface area contributed by atoms with E-state index in [1.807, 2.05) is 39.0 Å². The van der Waals surface area contributed by atoms with Gasteiger partial charge in [0.2, 0.25) is 0 Å². The third-order valence-corrected chi connectivity index (χ3v) is 4.89. The van der Waals surface area contributed by atoms with Crippen molar-refractivity contribution < 1.29 is 28.6 Å². The quantitative estimate of drug-likeness (QED) is 0.382. The highest BCUT2D eigenvalue weighted by Crippen LogP contribution is 2.29. The molecular weight excluding hydrogens is 422 g/mol. The molecule has 3 aromatic rings. The summed E-state index contributed by atoms with van der Waals surface area (Å²) >= 11 is 0. The first-order valence-electron chi connectivity index (χ1n) is 10.4. The Morgan fingerprint density at radius 3 is 2.18 bits per heavy atom. The average Bonchev–Trinajstić information content (AvgIpc) is 3.27. The monoisotopic (exact) mass is 449 g/mol. The second-order valence-electron chi connectivity index (χ2n) is 8.44. The predicted molar refractivity (Wildman–Crippen MR) is 124 cm³/mol. The van der Waals surface area contributed by atoms with Gasteiger partial charge in [-0.25, -0.2) is 9.59 Å². The van der Waals surface area contributed by atoms with Gasteiger partial charge in [0.1, 0.15) is 11.4 Å². The number of hydrogen-bond acceptors (Lipinski definition) is 6. The number of aromatic nitrogens is 1. The second kappa shape index (κ2) is 9.73. The van der Waals surface area contributed by atoms with Gasteiger partial charge in [0, 0.05) is 23.7 Å². The van der Waals surface area contributed by atoms with Crippen molar-refractivity contribution in [3.8, 4) is 17.0 Å². The number of Topliss-reactive ketones (excluding diaryl/α,β-unsaturated/α-hetero) is 1. The van der Waals surface area contributed by atoms with Crippen molar-refractivity contribution in [3.63, 3.8) is 0 Å². The predicted octanol–water partition coefficient (Wildman–Crippen LogP) is 5.16. The molecule has 172 valence electrons. The van der Waals surface area contributed by atoms with Gasteiger partial charge in [-0.2, -0.15) is 0 Å². The highest BCUT2D eigenvalue weighted by Gasteiger charge is 2.21. The van der Waals surface area contributed by atoms with Gasteiger partial charge in [0.25, 0.3) is 0 Å². The Balaban J connectivity index is 1.88. The Bertz CT molecular complexity index is 1170. The number of hydrogen-bond donors (Lipinski definition) is 0. The van der Waals surface area contributed by atoms with Crippen LogP contribution in [0, 0.1) is 0 Å². The van der Waals surface area contributed by atoms with Crippen LogP contribution in [-0.4, -0.2) is 42.2 Å². The van der Waals surface area contributed by atoms with E-state index in [1.165, 1.54) is 18.8 Å². The van der Waals surface area contributed by atoms with Gasteiger partial charge in [-0.3, -0.25) is 9.36 Å². The Hall–Kier alpha value is -3.87. The number of rotatable bonds is 6. The first kappa shape index (κ1) is 23.8. The summed E-state index contributed by atoms with van der Waals surface area (Å²) in [5.74, 6) is -0.0330. The van der Waals surface area contributed by atoms with Crippen molar-refractivity contribution in [1.82, 2.24) is 4.57 Å². The Morgan fingerprint density at radius 1 is 0.909 bits per heavy atom. The summed E-state index contributed by atoms with van der Waals surface area (Å²) in [6.07, 6.45) is 1.24. The normalized spacial score (nSPS) is 11.1. The van der Waals surface area contributed by atoms with E-state index in [1.54, 1.807) is 42.6 Å². The number of methoxy groups -OCH3 is 2. The zero-order chi connectivity index (χ0) is 24.2. The SMILES string of the molecule is COC(=O)c1ccc(C(=O)Cc2cc(-c3cccn3C(=O)OC(C)(C)C)ccc2OC)cc1. The maximum absolute atomic E-state index is 12.9. The van der Waals surface area contributed by atoms with Gasteiger partial charge in [-0.15, -0.1) is 0 Å². The van der Waals surface area contributed by atoms with Crippen LogP contribution in [0.1, 0.15) is 47.1 Å². The van der Waals surface area contributed by atoms with Crippen LogP contribution in [0.2, 0.25) is 0 Å². The molecule has 1 aromatic heterocycles. The van der Waals surface area contributed by atoms with Crippen LogP contribution in [0.25, 0.3) is 11.3 Å². The molecule has 0 unspecified atom stereocenters. The number of carbonyl (C=O) groups excluding carboxylic acids is 3. The van der Waals surface area contributed by atoms with Gasteiger partial charge in [-0.05, 0) is 68.8 Å². The first-order chi connectivity index (χ1) is 15.6. The van der Waals surface area contributed by atoms with Gasteiger partial charge in [0.15, 0.2) is 5.78 Å². The summed E-state index contributed by atoms with van der Waals surface area (Å²) in [5, 5.41) is 0. The lowest BCUT2D eigenvalue weighted by atomic mass is 9.99. The molecule has 0 amide bonds. The van der Waals surface area contributed by atoms with Crippen LogP contribution < -0.4 is 4.74 Å². The molecule has 0 aliphatic rings. The van der Waals surface area contributed by atoms with E-state index in [4.69, 9.17) is 9.47 Å². The van der Waals surface area contributed by atoms with Crippen molar-refractivity contribution in [2.75, 3.05) is 14.2 Å². The molecule has 0 saturated heterocycles. The van der Waals surface area contributed by atoms with Gasteiger partial charge < -0.3 is 14.2 Å². The fourth-order valence-corrected chi connectivity index (χ4v) is 3.35. The van der Waals surface area contributed by atoms with Crippen molar-refractivity contribution in [2.45, 2.75) is 32.8 Å². The highest BCUT2D eigenvalue weighted by molar-refractivity contribution is 5.99. The Kier molecular flexibility index (Phi) is 7.01. The third kappa shape index (κ3) is 5.68. The topological polar surface area (TPSA) is 83.8 Å². The van der Waals surface area contributed by atoms with Crippen LogP contribution in [0.3, 0.4) is 0 Å². The summed E-state index contributed by atoms with van der Waals surface area (Å²) in [7, 11) is 2.84. The maximum atomic E-state index is 12.9. The molecule has 0 radical (unpaired) electrons. The summed E-state index contributed by atoms with van der Waals surface area (Å²) in [4.78, 5) is 37.1. The Morgan fingerprint density at radius 2 is 1.58 bits per heavy atom. The molecule has 7 nitrogen and oxygen atoms in total. The molecule has 0 bridgehead atoms. The van der Waals surface area contributed by atoms with Gasteiger partial charge in [0.05, 0.1) is 25.5 Å². The van der Waals surface area contributed by atoms with Crippen LogP contribution in [0.4, 0.5) is 4.79 Å². The lowest BCUT2D eigenvalue weighted by Gasteiger charge is -2.20. The molecule has 0 atom stereocenters. The molecule has 33 heavy (non-hydrogen) atoms. The third-order valence-electron chi connectivity index (χ3n) is 4.89. The zero-order valence-corrected chi connectivity index (χ0v) is 19.4. The van der Waals surface area contributed by atoms with Crippen LogP contribution >= 0.6 is 0 Å². The van der Waals surface area contributed by atoms with Crippen LogP contribution in [0.15, 0.2) is 60.8 Å². The molecule has 0 fully saturated rings. The van der Waals surface area contributed by atoms with Crippen molar-refractivity contribution in [1.29, 1.82) is 0 Å². The molecule has 0 saturated carbocycles. The Labute approximate surface area is 192 Å². The molecule has 2 aromatic carbocycles. The zero-order valence-electron chi connectivity index (χ0n) is 19.4. The lowest BCUT2D eigenvalue weighted by Crippen LogP contribution is -2.27. The smallest absolute Gasteiger partial charge is 0.418 e. The minimum absolute atomic E-state index is 0.0850. The van der Waals surface area contributed by atoms with E-state index in [2.05, 4.69) is 4.74 Å². The summed E-state index contributed by atoms with van der Waals surface area (Å²) < 4.78 is 17.1. The van der Waals surface area contributed by atoms with E-state index < -0.39 is 17.7 Å². The molecule has 0 N–H and O–H groups in total. The number of carbonyl (C=O) groups is 3. The molecular formula is C26H27NO6. The highest BCUT2D eigenvalue weighted by atomic mass is 16.6. The van der Waals surface area contributed by atoms with Crippen LogP contribution in [-0.2, 0) is 15.9 Å². The molecule has 0 spiro atoms. The second-order valence-corrected chi connectivity index (χ2v) is 8.44. The van der Waals surface area contributed by atoms with Gasteiger partial charge in [-0.1, -0.05) is 12.1 Å². The molecule has 1 heterocycles. The van der Waals surface area contributed by atoms with E-state index in [0.717, 1.165) is 5.56 Å². The number of benzene rings is 2. The number of ketones is 1. The number of nitrogens with zero attached hydrogens (tertiary/aromatic N) is 1. The molecule has 3 rings (SSSR count). The van der Waals surface area contributed by atoms with Gasteiger partial charge >= 0.3 is 12.1 Å². The summed E-state index contributed by atoms with van der Waals surface area (Å²) in [6.45, 7) is 5.43. The summed E-state index contributed by atoms with van der Waals surface area (Å²) in [5.41, 5.74) is 2.27. The fourth-order valence-electron chi connectivity index (χ4n) is 3.35. The fraction of sp³-hybridized carbons (Fsp3) is 0.269. The first-order valence-corrected chi connectivity index (χ1v) is 10.4. The van der Waals surface area contributed by atoms with E-state index in [-0.39, 0.29) is 12.2 Å². The van der Waals surface area contributed by atoms with Crippen molar-refractivity contribution in [2.24, 2.45) is 0 Å². The molecule has 7 heteroatoms. The van der Waals surface area contributed by atoms with Crippen molar-refractivity contribution >= 4 is 17.8 Å². The lowest BCUT2D eigenvalue weighted by molar-refractivity contribution is 0.0538. The molecule has 0 aliphatic heterocycles. The summed E-state index contributed by atoms with van der Waals surface area (Å²) in [6, 6.07) is 15.3. The standard InChI is InChI=1S/C26H27NO6/c1-26(2,3)33-25(30)27-14-6-7-21(27)19-12-13-23(31-4)20(15-19)16-22(28)17-8-10-18(11-9-17)24(29)32-5/h6-15H,16H2,1-5H3. The van der Waals surface area contributed by atoms with E-state index >= 15 is 0 Å².